The zero-order chi connectivity index (χ0) is 23.6. The molecule has 0 heterocycles. The molecule has 7 nitrogen and oxygen atoms in total. The van der Waals surface area contributed by atoms with Gasteiger partial charge in [0.05, 0.1) is 25.9 Å². The van der Waals surface area contributed by atoms with E-state index in [0.29, 0.717) is 34.1 Å². The zero-order valence-electron chi connectivity index (χ0n) is 18.2. The van der Waals surface area contributed by atoms with E-state index in [-0.39, 0.29) is 12.2 Å². The molecule has 0 radical (unpaired) electrons. The molecule has 3 aromatic carbocycles. The number of amides is 1. The third kappa shape index (κ3) is 5.90. The van der Waals surface area contributed by atoms with Crippen molar-refractivity contribution in [2.45, 2.75) is 6.61 Å². The molecule has 0 unspecified atom stereocenters. The van der Waals surface area contributed by atoms with E-state index >= 15 is 0 Å². The highest BCUT2D eigenvalue weighted by Crippen LogP contribution is 2.30. The number of nitriles is 2. The van der Waals surface area contributed by atoms with E-state index in [9.17, 15) is 15.3 Å². The number of hydrogen-bond donors (Lipinski definition) is 1. The lowest BCUT2D eigenvalue weighted by atomic mass is 10.1. The van der Waals surface area contributed by atoms with Crippen molar-refractivity contribution in [1.29, 1.82) is 10.5 Å². The topological polar surface area (TPSA) is 104 Å². The van der Waals surface area contributed by atoms with Crippen LogP contribution in [0.4, 0.5) is 5.69 Å². The van der Waals surface area contributed by atoms with Crippen LogP contribution in [0.3, 0.4) is 0 Å². The maximum absolute atomic E-state index is 12.5. The molecule has 3 rings (SSSR count). The van der Waals surface area contributed by atoms with Gasteiger partial charge in [0, 0.05) is 11.3 Å². The number of anilines is 1. The van der Waals surface area contributed by atoms with Crippen molar-refractivity contribution in [3.63, 3.8) is 0 Å². The summed E-state index contributed by atoms with van der Waals surface area (Å²) in [5, 5.41) is 21.4. The predicted octanol–water partition coefficient (Wildman–Crippen LogP) is 4.70. The Morgan fingerprint density at radius 2 is 1.73 bits per heavy atom. The first kappa shape index (κ1) is 22.9. The molecule has 0 fully saturated rings. The van der Waals surface area contributed by atoms with Crippen molar-refractivity contribution in [2.24, 2.45) is 0 Å². The van der Waals surface area contributed by atoms with Crippen molar-refractivity contribution in [1.82, 2.24) is 0 Å². The van der Waals surface area contributed by atoms with Crippen LogP contribution in [0.5, 0.6) is 17.2 Å². The van der Waals surface area contributed by atoms with Crippen LogP contribution in [-0.2, 0) is 11.4 Å². The van der Waals surface area contributed by atoms with E-state index in [1.165, 1.54) is 13.2 Å². The first-order chi connectivity index (χ1) is 16.1. The summed E-state index contributed by atoms with van der Waals surface area (Å²) in [5.74, 6) is 1.04. The molecular formula is C26H21N3O4. The molecule has 33 heavy (non-hydrogen) atoms. The van der Waals surface area contributed by atoms with Gasteiger partial charge in [0.1, 0.15) is 24.0 Å². The number of rotatable bonds is 8. The average molecular weight is 439 g/mol. The van der Waals surface area contributed by atoms with Gasteiger partial charge in [-0.1, -0.05) is 24.3 Å². The van der Waals surface area contributed by atoms with Crippen LogP contribution < -0.4 is 19.5 Å². The summed E-state index contributed by atoms with van der Waals surface area (Å²) in [6.07, 6.45) is 1.47. The minimum atomic E-state index is -0.532. The smallest absolute Gasteiger partial charge is 0.266 e. The molecule has 0 saturated heterocycles. The summed E-state index contributed by atoms with van der Waals surface area (Å²) in [6.45, 7) is 0.197. The summed E-state index contributed by atoms with van der Waals surface area (Å²) < 4.78 is 16.3. The van der Waals surface area contributed by atoms with Crippen molar-refractivity contribution in [3.05, 3.63) is 89.0 Å². The number of nitrogens with one attached hydrogen (secondary N) is 1. The molecule has 164 valence electrons. The van der Waals surface area contributed by atoms with Crippen LogP contribution in [-0.4, -0.2) is 20.1 Å². The molecule has 0 atom stereocenters. The van der Waals surface area contributed by atoms with Gasteiger partial charge < -0.3 is 19.5 Å². The van der Waals surface area contributed by atoms with Crippen LogP contribution in [0.15, 0.2) is 72.3 Å². The number of nitrogens with zero attached hydrogens (tertiary/aromatic N) is 2. The van der Waals surface area contributed by atoms with Crippen molar-refractivity contribution in [2.75, 3.05) is 19.5 Å². The molecule has 0 aliphatic heterocycles. The molecule has 0 aromatic heterocycles. The summed E-state index contributed by atoms with van der Waals surface area (Å²) >= 11 is 0. The first-order valence-corrected chi connectivity index (χ1v) is 9.94. The third-order valence-corrected chi connectivity index (χ3v) is 4.73. The fourth-order valence-electron chi connectivity index (χ4n) is 2.99. The van der Waals surface area contributed by atoms with Crippen LogP contribution in [0.2, 0.25) is 0 Å². The largest absolute Gasteiger partial charge is 0.497 e. The summed E-state index contributed by atoms with van der Waals surface area (Å²) in [6, 6.07) is 23.1. The molecule has 1 amide bonds. The number of ether oxygens (including phenoxy) is 3. The number of hydrogen-bond acceptors (Lipinski definition) is 6. The first-order valence-electron chi connectivity index (χ1n) is 9.94. The van der Waals surface area contributed by atoms with Gasteiger partial charge in [-0.2, -0.15) is 10.5 Å². The van der Waals surface area contributed by atoms with Gasteiger partial charge in [-0.25, -0.2) is 0 Å². The van der Waals surface area contributed by atoms with E-state index in [2.05, 4.69) is 11.4 Å². The monoisotopic (exact) mass is 439 g/mol. The highest BCUT2D eigenvalue weighted by molar-refractivity contribution is 6.09. The Labute approximate surface area is 192 Å². The number of carbonyl (C=O) groups is 1. The van der Waals surface area contributed by atoms with Gasteiger partial charge in [-0.05, 0) is 54.1 Å². The molecule has 0 saturated carbocycles. The number of carbonyl (C=O) groups excluding carboxylic acids is 1. The fourth-order valence-corrected chi connectivity index (χ4v) is 2.99. The van der Waals surface area contributed by atoms with Crippen LogP contribution in [0, 0.1) is 22.7 Å². The van der Waals surface area contributed by atoms with Crippen LogP contribution in [0.1, 0.15) is 16.7 Å². The molecule has 0 spiro atoms. The lowest BCUT2D eigenvalue weighted by molar-refractivity contribution is -0.112. The minimum Gasteiger partial charge on any atom is -0.497 e. The standard InChI is InChI=1S/C26H21N3O4/c1-31-23-10-8-22(9-11-23)29-26(30)21(16-28)13-18-7-12-24(25(14-18)32-2)33-17-20-6-4-3-5-19(20)15-27/h3-14H,17H2,1-2H3,(H,29,30)/b21-13-. The van der Waals surface area contributed by atoms with E-state index in [0.717, 1.165) is 5.56 Å². The second-order valence-corrected chi connectivity index (χ2v) is 6.82. The summed E-state index contributed by atoms with van der Waals surface area (Å²) in [5.41, 5.74) is 2.37. The van der Waals surface area contributed by atoms with Crippen molar-refractivity contribution in [3.8, 4) is 29.4 Å². The Bertz CT molecular complexity index is 1250. The summed E-state index contributed by atoms with van der Waals surface area (Å²) in [4.78, 5) is 12.5. The SMILES string of the molecule is COc1ccc(NC(=O)/C(C#N)=C\c2ccc(OCc3ccccc3C#N)c(OC)c2)cc1. The lowest BCUT2D eigenvalue weighted by Gasteiger charge is -2.12. The van der Waals surface area contributed by atoms with Gasteiger partial charge in [-0.3, -0.25) is 4.79 Å². The molecule has 3 aromatic rings. The van der Waals surface area contributed by atoms with E-state index in [1.807, 2.05) is 18.2 Å². The Morgan fingerprint density at radius 3 is 2.39 bits per heavy atom. The van der Waals surface area contributed by atoms with E-state index in [1.54, 1.807) is 61.7 Å². The number of benzene rings is 3. The molecule has 1 N–H and O–H groups in total. The number of methoxy groups -OCH3 is 2. The molecule has 0 aliphatic carbocycles. The van der Waals surface area contributed by atoms with Crippen LogP contribution in [0.25, 0.3) is 6.08 Å². The second kappa shape index (κ2) is 11.0. The Morgan fingerprint density at radius 1 is 0.970 bits per heavy atom. The van der Waals surface area contributed by atoms with Crippen molar-refractivity contribution < 1.29 is 19.0 Å². The van der Waals surface area contributed by atoms with Gasteiger partial charge in [0.25, 0.3) is 5.91 Å². The lowest BCUT2D eigenvalue weighted by Crippen LogP contribution is -2.13. The van der Waals surface area contributed by atoms with Crippen molar-refractivity contribution >= 4 is 17.7 Å². The maximum atomic E-state index is 12.5. The molecule has 0 aliphatic rings. The Balaban J connectivity index is 1.75. The van der Waals surface area contributed by atoms with Crippen LogP contribution >= 0.6 is 0 Å². The van der Waals surface area contributed by atoms with E-state index < -0.39 is 5.91 Å². The molecule has 0 bridgehead atoms. The van der Waals surface area contributed by atoms with Gasteiger partial charge in [0.2, 0.25) is 0 Å². The van der Waals surface area contributed by atoms with Gasteiger partial charge >= 0.3 is 0 Å². The Kier molecular flexibility index (Phi) is 7.67. The maximum Gasteiger partial charge on any atom is 0.266 e. The predicted molar refractivity (Wildman–Crippen MR) is 124 cm³/mol. The van der Waals surface area contributed by atoms with Gasteiger partial charge in [-0.15, -0.1) is 0 Å². The highest BCUT2D eigenvalue weighted by atomic mass is 16.5. The van der Waals surface area contributed by atoms with Gasteiger partial charge in [0.15, 0.2) is 11.5 Å². The molecule has 7 heteroatoms. The van der Waals surface area contributed by atoms with E-state index in [4.69, 9.17) is 14.2 Å². The molecular weight excluding hydrogens is 418 g/mol. The summed E-state index contributed by atoms with van der Waals surface area (Å²) in [7, 11) is 3.06. The highest BCUT2D eigenvalue weighted by Gasteiger charge is 2.12. The normalized spacial score (nSPS) is 10.5. The average Bonchev–Trinajstić information content (AvgIpc) is 2.86. The Hall–Kier alpha value is -4.75. The second-order valence-electron chi connectivity index (χ2n) is 6.82. The quantitative estimate of drug-likeness (QED) is 0.403. The third-order valence-electron chi connectivity index (χ3n) is 4.73. The minimum absolute atomic E-state index is 0.0653. The zero-order valence-corrected chi connectivity index (χ0v) is 18.2. The fraction of sp³-hybridized carbons (Fsp3) is 0.115.